The van der Waals surface area contributed by atoms with Gasteiger partial charge < -0.3 is 9.47 Å². The maximum Gasteiger partial charge on any atom is 0.126 e. The third-order valence-corrected chi connectivity index (χ3v) is 5.08. The fourth-order valence-electron chi connectivity index (χ4n) is 3.77. The molecular weight excluding hydrogens is 296 g/mol. The Morgan fingerprint density at radius 1 is 1.17 bits per heavy atom. The van der Waals surface area contributed by atoms with E-state index in [4.69, 9.17) is 9.47 Å². The quantitative estimate of drug-likeness (QED) is 0.426. The van der Waals surface area contributed by atoms with E-state index in [2.05, 4.69) is 45.6 Å². The molecule has 2 atom stereocenters. The molecule has 2 rings (SSSR count). The maximum absolute atomic E-state index is 5.77. The second-order valence-corrected chi connectivity index (χ2v) is 7.07. The fraction of sp³-hybridized carbons (Fsp3) is 0.545. The average molecular weight is 328 g/mol. The van der Waals surface area contributed by atoms with Crippen molar-refractivity contribution in [1.82, 2.24) is 0 Å². The van der Waals surface area contributed by atoms with Crippen LogP contribution in [0.25, 0.3) is 0 Å². The van der Waals surface area contributed by atoms with Gasteiger partial charge >= 0.3 is 0 Å². The van der Waals surface area contributed by atoms with Crippen LogP contribution in [-0.4, -0.2) is 14.2 Å². The van der Waals surface area contributed by atoms with Gasteiger partial charge in [0.15, 0.2) is 0 Å². The predicted octanol–water partition coefficient (Wildman–Crippen LogP) is 6.06. The summed E-state index contributed by atoms with van der Waals surface area (Å²) in [6.07, 6.45) is 8.21. The molecule has 24 heavy (non-hydrogen) atoms. The summed E-state index contributed by atoms with van der Waals surface area (Å²) in [5.41, 5.74) is 5.11. The highest BCUT2D eigenvalue weighted by Crippen LogP contribution is 2.48. The minimum atomic E-state index is 0.289. The molecule has 0 unspecified atom stereocenters. The van der Waals surface area contributed by atoms with Gasteiger partial charge in [0.2, 0.25) is 0 Å². The van der Waals surface area contributed by atoms with Crippen molar-refractivity contribution in [2.45, 2.75) is 58.8 Å². The zero-order chi connectivity index (χ0) is 17.7. The first-order valence-corrected chi connectivity index (χ1v) is 9.09. The molecule has 0 saturated carbocycles. The largest absolute Gasteiger partial charge is 0.496 e. The molecule has 0 fully saturated rings. The van der Waals surface area contributed by atoms with Crippen molar-refractivity contribution in [3.8, 4) is 11.5 Å². The van der Waals surface area contributed by atoms with Crippen LogP contribution < -0.4 is 9.47 Å². The van der Waals surface area contributed by atoms with Gasteiger partial charge in [-0.3, -0.25) is 0 Å². The monoisotopic (exact) mass is 328 g/mol. The van der Waals surface area contributed by atoms with Crippen molar-refractivity contribution in [3.05, 3.63) is 47.1 Å². The van der Waals surface area contributed by atoms with Crippen LogP contribution in [0, 0.1) is 5.92 Å². The van der Waals surface area contributed by atoms with Gasteiger partial charge in [-0.05, 0) is 56.7 Å². The van der Waals surface area contributed by atoms with E-state index in [0.717, 1.165) is 24.3 Å². The lowest BCUT2D eigenvalue weighted by molar-refractivity contribution is 0.376. The highest BCUT2D eigenvalue weighted by molar-refractivity contribution is 5.53. The summed E-state index contributed by atoms with van der Waals surface area (Å²) in [5.74, 6) is 2.61. The molecule has 0 aromatic heterocycles. The molecule has 1 aliphatic carbocycles. The zero-order valence-corrected chi connectivity index (χ0v) is 15.9. The van der Waals surface area contributed by atoms with Gasteiger partial charge in [-0.25, -0.2) is 0 Å². The summed E-state index contributed by atoms with van der Waals surface area (Å²) < 4.78 is 11.5. The van der Waals surface area contributed by atoms with Crippen molar-refractivity contribution < 1.29 is 9.47 Å². The van der Waals surface area contributed by atoms with Crippen LogP contribution >= 0.6 is 0 Å². The molecule has 0 radical (unpaired) electrons. The second-order valence-electron chi connectivity index (χ2n) is 7.07. The number of hydrogen-bond donors (Lipinski definition) is 0. The van der Waals surface area contributed by atoms with Gasteiger partial charge in [0.25, 0.3) is 0 Å². The molecule has 2 nitrogen and oxygen atoms in total. The van der Waals surface area contributed by atoms with Crippen LogP contribution in [0.4, 0.5) is 0 Å². The first kappa shape index (κ1) is 18.6. The van der Waals surface area contributed by atoms with Crippen LogP contribution in [-0.2, 0) is 6.42 Å². The van der Waals surface area contributed by atoms with Gasteiger partial charge in [-0.15, -0.1) is 0 Å². The molecular formula is C22H32O2. The lowest BCUT2D eigenvalue weighted by Gasteiger charge is -2.25. The van der Waals surface area contributed by atoms with Crippen LogP contribution in [0.2, 0.25) is 0 Å². The number of aryl methyl sites for hydroxylation is 1. The minimum Gasteiger partial charge on any atom is -0.496 e. The van der Waals surface area contributed by atoms with Gasteiger partial charge in [0.05, 0.1) is 14.2 Å². The minimum absolute atomic E-state index is 0.289. The number of rotatable bonds is 8. The number of hydrogen-bond acceptors (Lipinski definition) is 2. The Morgan fingerprint density at radius 2 is 1.79 bits per heavy atom. The van der Waals surface area contributed by atoms with Crippen molar-refractivity contribution in [2.24, 2.45) is 5.92 Å². The van der Waals surface area contributed by atoms with E-state index in [1.54, 1.807) is 14.2 Å². The first-order valence-electron chi connectivity index (χ1n) is 9.09. The number of allylic oxidation sites excluding steroid dienone is 3. The summed E-state index contributed by atoms with van der Waals surface area (Å²) in [6.45, 7) is 10.8. The summed E-state index contributed by atoms with van der Waals surface area (Å²) >= 11 is 0. The van der Waals surface area contributed by atoms with Crippen molar-refractivity contribution in [1.29, 1.82) is 0 Å². The standard InChI is InChI=1S/C22H32O2/c1-7-8-9-10-17-13-20(23-5)22(21(14-17)24-6)19-12-16(4)11-18(19)15(2)3/h12-14,18-19H,2,7-11H2,1,3-6H3/t18-,19+/m0/s1. The number of unbranched alkanes of at least 4 members (excludes halogenated alkanes) is 2. The van der Waals surface area contributed by atoms with E-state index in [0.29, 0.717) is 5.92 Å². The molecule has 1 aromatic rings. The van der Waals surface area contributed by atoms with E-state index in [9.17, 15) is 0 Å². The zero-order valence-electron chi connectivity index (χ0n) is 15.9. The smallest absolute Gasteiger partial charge is 0.126 e. The molecule has 0 bridgehead atoms. The van der Waals surface area contributed by atoms with Gasteiger partial charge in [-0.2, -0.15) is 0 Å². The molecule has 1 aromatic carbocycles. The van der Waals surface area contributed by atoms with E-state index in [-0.39, 0.29) is 5.92 Å². The first-order chi connectivity index (χ1) is 11.5. The Labute approximate surface area is 147 Å². The van der Waals surface area contributed by atoms with Gasteiger partial charge in [0.1, 0.15) is 11.5 Å². The second kappa shape index (κ2) is 8.41. The van der Waals surface area contributed by atoms with Crippen molar-refractivity contribution >= 4 is 0 Å². The van der Waals surface area contributed by atoms with Crippen LogP contribution in [0.15, 0.2) is 35.9 Å². The normalized spacial score (nSPS) is 20.0. The molecule has 0 saturated heterocycles. The number of ether oxygens (including phenoxy) is 2. The summed E-state index contributed by atoms with van der Waals surface area (Å²) in [5, 5.41) is 0. The van der Waals surface area contributed by atoms with Crippen LogP contribution in [0.3, 0.4) is 0 Å². The molecule has 1 aliphatic rings. The molecule has 0 aliphatic heterocycles. The SMILES string of the molecule is C=C(C)[C@@H]1CC(C)=C[C@H]1c1c(OC)cc(CCCCC)cc1OC. The van der Waals surface area contributed by atoms with E-state index in [1.807, 2.05) is 0 Å². The Balaban J connectivity index is 2.42. The van der Waals surface area contributed by atoms with Crippen molar-refractivity contribution in [2.75, 3.05) is 14.2 Å². The van der Waals surface area contributed by atoms with Gasteiger partial charge in [-0.1, -0.05) is 43.6 Å². The molecule has 0 N–H and O–H groups in total. The summed E-state index contributed by atoms with van der Waals surface area (Å²) in [6, 6.07) is 4.40. The van der Waals surface area contributed by atoms with E-state index < -0.39 is 0 Å². The lowest BCUT2D eigenvalue weighted by atomic mass is 9.83. The van der Waals surface area contributed by atoms with Crippen LogP contribution in [0.5, 0.6) is 11.5 Å². The fourth-order valence-corrected chi connectivity index (χ4v) is 3.77. The molecule has 132 valence electrons. The number of methoxy groups -OCH3 is 2. The summed E-state index contributed by atoms with van der Waals surface area (Å²) in [7, 11) is 3.52. The Bertz CT molecular complexity index is 587. The molecule has 0 amide bonds. The van der Waals surface area contributed by atoms with E-state index >= 15 is 0 Å². The Morgan fingerprint density at radius 3 is 2.29 bits per heavy atom. The average Bonchev–Trinajstić information content (AvgIpc) is 2.95. The predicted molar refractivity (Wildman–Crippen MR) is 102 cm³/mol. The third kappa shape index (κ3) is 4.03. The maximum atomic E-state index is 5.77. The van der Waals surface area contributed by atoms with E-state index in [1.165, 1.54) is 41.5 Å². The lowest BCUT2D eigenvalue weighted by Crippen LogP contribution is -2.11. The number of benzene rings is 1. The third-order valence-electron chi connectivity index (χ3n) is 5.08. The van der Waals surface area contributed by atoms with Crippen LogP contribution in [0.1, 0.15) is 63.5 Å². The van der Waals surface area contributed by atoms with Gasteiger partial charge in [0, 0.05) is 11.5 Å². The van der Waals surface area contributed by atoms with Crippen molar-refractivity contribution in [3.63, 3.8) is 0 Å². The highest BCUT2D eigenvalue weighted by Gasteiger charge is 2.32. The highest BCUT2D eigenvalue weighted by atomic mass is 16.5. The molecule has 0 spiro atoms. The topological polar surface area (TPSA) is 18.5 Å². The molecule has 2 heteroatoms. The molecule has 0 heterocycles. The Hall–Kier alpha value is -1.70. The Kier molecular flexibility index (Phi) is 6.53. The summed E-state index contributed by atoms with van der Waals surface area (Å²) in [4.78, 5) is 0.